The number of benzene rings is 1. The van der Waals surface area contributed by atoms with Crippen molar-refractivity contribution in [3.63, 3.8) is 0 Å². The molecule has 3 rings (SSSR count). The second-order valence-corrected chi connectivity index (χ2v) is 6.54. The molecule has 0 radical (unpaired) electrons. The molecule has 1 fully saturated rings. The standard InChI is InChI=1S/C20H27N5O/c1-2-24-13-15-25(16-14-24)19-11-10-18(22-23-19)20(26)21-12-6-9-17-7-4-3-5-8-17/h3-5,7-8,10-11H,2,6,9,12-16H2,1H3,(H,21,26). The van der Waals surface area contributed by atoms with Gasteiger partial charge < -0.3 is 15.1 Å². The number of hydrogen-bond donors (Lipinski definition) is 1. The Morgan fingerprint density at radius 3 is 2.46 bits per heavy atom. The molecule has 1 amide bonds. The summed E-state index contributed by atoms with van der Waals surface area (Å²) in [6.45, 7) is 7.90. The molecule has 26 heavy (non-hydrogen) atoms. The molecule has 0 spiro atoms. The van der Waals surface area contributed by atoms with Crippen LogP contribution in [-0.2, 0) is 6.42 Å². The fourth-order valence-corrected chi connectivity index (χ4v) is 3.14. The first-order valence-electron chi connectivity index (χ1n) is 9.39. The van der Waals surface area contributed by atoms with Gasteiger partial charge in [-0.25, -0.2) is 0 Å². The number of nitrogens with one attached hydrogen (secondary N) is 1. The average Bonchev–Trinajstić information content (AvgIpc) is 2.72. The van der Waals surface area contributed by atoms with E-state index in [1.54, 1.807) is 6.07 Å². The summed E-state index contributed by atoms with van der Waals surface area (Å²) in [7, 11) is 0. The molecule has 1 N–H and O–H groups in total. The van der Waals surface area contributed by atoms with Crippen LogP contribution in [0.3, 0.4) is 0 Å². The minimum Gasteiger partial charge on any atom is -0.353 e. The van der Waals surface area contributed by atoms with Gasteiger partial charge in [0, 0.05) is 32.7 Å². The predicted octanol–water partition coefficient (Wildman–Crippen LogP) is 1.98. The number of likely N-dealkylation sites (N-methyl/N-ethyl adjacent to an activating group) is 1. The van der Waals surface area contributed by atoms with Crippen LogP contribution in [0, 0.1) is 0 Å². The number of amides is 1. The van der Waals surface area contributed by atoms with Gasteiger partial charge in [-0.2, -0.15) is 0 Å². The van der Waals surface area contributed by atoms with Gasteiger partial charge in [0.05, 0.1) is 0 Å². The zero-order valence-electron chi connectivity index (χ0n) is 15.4. The highest BCUT2D eigenvalue weighted by atomic mass is 16.1. The molecule has 0 atom stereocenters. The summed E-state index contributed by atoms with van der Waals surface area (Å²) in [5.41, 5.74) is 1.66. The van der Waals surface area contributed by atoms with Crippen LogP contribution in [0.1, 0.15) is 29.4 Å². The summed E-state index contributed by atoms with van der Waals surface area (Å²) in [6, 6.07) is 13.9. The van der Waals surface area contributed by atoms with Gasteiger partial charge in [0.1, 0.15) is 0 Å². The Bertz CT molecular complexity index is 681. The number of anilines is 1. The molecule has 0 aliphatic carbocycles. The van der Waals surface area contributed by atoms with Crippen LogP contribution in [0.4, 0.5) is 5.82 Å². The van der Waals surface area contributed by atoms with Crippen molar-refractivity contribution in [1.29, 1.82) is 0 Å². The lowest BCUT2D eigenvalue weighted by molar-refractivity contribution is 0.0947. The Morgan fingerprint density at radius 1 is 1.04 bits per heavy atom. The minimum atomic E-state index is -0.159. The summed E-state index contributed by atoms with van der Waals surface area (Å²) in [5, 5.41) is 11.3. The molecule has 1 saturated heterocycles. The van der Waals surface area contributed by atoms with E-state index in [1.807, 2.05) is 24.3 Å². The van der Waals surface area contributed by atoms with Crippen molar-refractivity contribution in [1.82, 2.24) is 20.4 Å². The molecular formula is C20H27N5O. The molecule has 6 heteroatoms. The molecule has 138 valence electrons. The summed E-state index contributed by atoms with van der Waals surface area (Å²) in [4.78, 5) is 16.8. The first kappa shape index (κ1) is 18.3. The summed E-state index contributed by atoms with van der Waals surface area (Å²) in [5.74, 6) is 0.689. The highest BCUT2D eigenvalue weighted by molar-refractivity contribution is 5.92. The molecule has 0 saturated carbocycles. The lowest BCUT2D eigenvalue weighted by atomic mass is 10.1. The molecule has 2 heterocycles. The zero-order valence-corrected chi connectivity index (χ0v) is 15.4. The van der Waals surface area contributed by atoms with E-state index < -0.39 is 0 Å². The lowest BCUT2D eigenvalue weighted by Gasteiger charge is -2.34. The van der Waals surface area contributed by atoms with Crippen LogP contribution in [0.5, 0.6) is 0 Å². The molecule has 1 aromatic carbocycles. The number of nitrogens with zero attached hydrogens (tertiary/aromatic N) is 4. The average molecular weight is 353 g/mol. The van der Waals surface area contributed by atoms with Crippen molar-refractivity contribution in [2.45, 2.75) is 19.8 Å². The highest BCUT2D eigenvalue weighted by Crippen LogP contribution is 2.12. The second-order valence-electron chi connectivity index (χ2n) is 6.54. The fraction of sp³-hybridized carbons (Fsp3) is 0.450. The number of piperazine rings is 1. The topological polar surface area (TPSA) is 61.4 Å². The van der Waals surface area contributed by atoms with Crippen LogP contribution >= 0.6 is 0 Å². The number of aromatic nitrogens is 2. The van der Waals surface area contributed by atoms with E-state index in [1.165, 1.54) is 5.56 Å². The number of carbonyl (C=O) groups excluding carboxylic acids is 1. The van der Waals surface area contributed by atoms with Crippen LogP contribution in [-0.4, -0.2) is 60.3 Å². The van der Waals surface area contributed by atoms with Crippen LogP contribution in [0.25, 0.3) is 0 Å². The van der Waals surface area contributed by atoms with E-state index in [4.69, 9.17) is 0 Å². The first-order valence-corrected chi connectivity index (χ1v) is 9.39. The van der Waals surface area contributed by atoms with Gasteiger partial charge in [-0.1, -0.05) is 37.3 Å². The number of hydrogen-bond acceptors (Lipinski definition) is 5. The summed E-state index contributed by atoms with van der Waals surface area (Å²) >= 11 is 0. The van der Waals surface area contributed by atoms with Gasteiger partial charge in [0.15, 0.2) is 11.5 Å². The molecule has 0 bridgehead atoms. The summed E-state index contributed by atoms with van der Waals surface area (Å²) < 4.78 is 0. The van der Waals surface area contributed by atoms with Gasteiger partial charge in [-0.05, 0) is 37.1 Å². The van der Waals surface area contributed by atoms with Gasteiger partial charge >= 0.3 is 0 Å². The molecule has 1 aliphatic heterocycles. The predicted molar refractivity (Wildman–Crippen MR) is 103 cm³/mol. The molecule has 1 aliphatic rings. The maximum Gasteiger partial charge on any atom is 0.271 e. The SMILES string of the molecule is CCN1CCN(c2ccc(C(=O)NCCCc3ccccc3)nn2)CC1. The third kappa shape index (κ3) is 5.02. The number of carbonyl (C=O) groups is 1. The van der Waals surface area contributed by atoms with E-state index in [-0.39, 0.29) is 5.91 Å². The first-order chi connectivity index (χ1) is 12.8. The van der Waals surface area contributed by atoms with Gasteiger partial charge in [-0.3, -0.25) is 4.79 Å². The van der Waals surface area contributed by atoms with Gasteiger partial charge in [0.2, 0.25) is 0 Å². The van der Waals surface area contributed by atoms with Crippen molar-refractivity contribution in [2.75, 3.05) is 44.2 Å². The Labute approximate surface area is 155 Å². The minimum absolute atomic E-state index is 0.159. The largest absolute Gasteiger partial charge is 0.353 e. The van der Waals surface area contributed by atoms with Crippen molar-refractivity contribution < 1.29 is 4.79 Å². The molecule has 2 aromatic rings. The van der Waals surface area contributed by atoms with Crippen LogP contribution in [0.2, 0.25) is 0 Å². The molecular weight excluding hydrogens is 326 g/mol. The Morgan fingerprint density at radius 2 is 1.81 bits per heavy atom. The number of aryl methyl sites for hydroxylation is 1. The van der Waals surface area contributed by atoms with Crippen molar-refractivity contribution in [3.05, 3.63) is 53.7 Å². The smallest absolute Gasteiger partial charge is 0.271 e. The zero-order chi connectivity index (χ0) is 18.2. The monoisotopic (exact) mass is 353 g/mol. The lowest BCUT2D eigenvalue weighted by Crippen LogP contribution is -2.46. The summed E-state index contributed by atoms with van der Waals surface area (Å²) in [6.07, 6.45) is 1.86. The highest BCUT2D eigenvalue weighted by Gasteiger charge is 2.17. The number of rotatable bonds is 7. The van der Waals surface area contributed by atoms with E-state index in [2.05, 4.69) is 44.4 Å². The Hall–Kier alpha value is -2.47. The maximum atomic E-state index is 12.2. The molecule has 0 unspecified atom stereocenters. The van der Waals surface area contributed by atoms with E-state index in [0.717, 1.165) is 51.4 Å². The second kappa shape index (κ2) is 9.29. The van der Waals surface area contributed by atoms with Gasteiger partial charge in [0.25, 0.3) is 5.91 Å². The third-order valence-electron chi connectivity index (χ3n) is 4.80. The van der Waals surface area contributed by atoms with E-state index in [0.29, 0.717) is 12.2 Å². The fourth-order valence-electron chi connectivity index (χ4n) is 3.14. The van der Waals surface area contributed by atoms with Crippen molar-refractivity contribution in [3.8, 4) is 0 Å². The Balaban J connectivity index is 1.43. The van der Waals surface area contributed by atoms with Crippen molar-refractivity contribution >= 4 is 11.7 Å². The van der Waals surface area contributed by atoms with Crippen LogP contribution in [0.15, 0.2) is 42.5 Å². The van der Waals surface area contributed by atoms with Crippen LogP contribution < -0.4 is 10.2 Å². The normalized spacial score (nSPS) is 15.0. The van der Waals surface area contributed by atoms with E-state index in [9.17, 15) is 4.79 Å². The third-order valence-corrected chi connectivity index (χ3v) is 4.80. The molecule has 6 nitrogen and oxygen atoms in total. The Kier molecular flexibility index (Phi) is 6.55. The van der Waals surface area contributed by atoms with E-state index >= 15 is 0 Å². The van der Waals surface area contributed by atoms with Crippen molar-refractivity contribution in [2.24, 2.45) is 0 Å². The van der Waals surface area contributed by atoms with Gasteiger partial charge in [-0.15, -0.1) is 10.2 Å². The molecule has 1 aromatic heterocycles. The maximum absolute atomic E-state index is 12.2. The quantitative estimate of drug-likeness (QED) is 0.771.